The molecule has 124 valence electrons. The zero-order chi connectivity index (χ0) is 17.1. The fourth-order valence-electron chi connectivity index (χ4n) is 3.56. The predicted molar refractivity (Wildman–Crippen MR) is 84.5 cm³/mol. The van der Waals surface area contributed by atoms with E-state index in [1.54, 1.807) is 20.8 Å². The van der Waals surface area contributed by atoms with Crippen molar-refractivity contribution in [3.8, 4) is 0 Å². The number of carbonyl (C=O) groups excluding carboxylic acids is 2. The Bertz CT molecular complexity index is 819. The van der Waals surface area contributed by atoms with Gasteiger partial charge in [-0.15, -0.1) is 0 Å². The van der Waals surface area contributed by atoms with Gasteiger partial charge in [-0.2, -0.15) is 0 Å². The summed E-state index contributed by atoms with van der Waals surface area (Å²) in [6.45, 7) is 5.17. The largest absolute Gasteiger partial charge is 0.456 e. The minimum Gasteiger partial charge on any atom is -0.456 e. The molecule has 3 unspecified atom stereocenters. The smallest absolute Gasteiger partial charge is 0.338 e. The van der Waals surface area contributed by atoms with E-state index in [0.29, 0.717) is 16.7 Å². The van der Waals surface area contributed by atoms with Crippen molar-refractivity contribution < 1.29 is 23.8 Å². The van der Waals surface area contributed by atoms with E-state index in [4.69, 9.17) is 14.2 Å². The summed E-state index contributed by atoms with van der Waals surface area (Å²) < 4.78 is 16.6. The van der Waals surface area contributed by atoms with Gasteiger partial charge in [-0.1, -0.05) is 24.3 Å². The highest BCUT2D eigenvalue weighted by molar-refractivity contribution is 5.93. The lowest BCUT2D eigenvalue weighted by atomic mass is 9.98. The van der Waals surface area contributed by atoms with Crippen LogP contribution in [0.1, 0.15) is 38.0 Å². The zero-order valence-corrected chi connectivity index (χ0v) is 13.8. The number of carbonyl (C=O) groups is 2. The number of hydrogen-bond acceptors (Lipinski definition) is 5. The minimum atomic E-state index is -1.17. The van der Waals surface area contributed by atoms with Gasteiger partial charge in [0.2, 0.25) is 0 Å². The van der Waals surface area contributed by atoms with Crippen molar-refractivity contribution in [3.05, 3.63) is 58.4 Å². The summed E-state index contributed by atoms with van der Waals surface area (Å²) in [6, 6.07) is 7.98. The van der Waals surface area contributed by atoms with E-state index in [9.17, 15) is 9.59 Å². The standard InChI is InChI=1S/C19H18O5/c1-10-11(2)19(3,24-17(10)20)22-9-15-14-8-12-6-4-5-7-13(12)16(14)23-18(15)21/h4-7,9,14,16H,8H2,1-3H3. The molecule has 0 amide bonds. The lowest BCUT2D eigenvalue weighted by molar-refractivity contribution is -0.177. The Labute approximate surface area is 139 Å². The monoisotopic (exact) mass is 326 g/mol. The van der Waals surface area contributed by atoms with Crippen LogP contribution in [0.2, 0.25) is 0 Å². The second-order valence-corrected chi connectivity index (χ2v) is 6.61. The topological polar surface area (TPSA) is 61.8 Å². The van der Waals surface area contributed by atoms with Crippen molar-refractivity contribution in [1.82, 2.24) is 0 Å². The first kappa shape index (κ1) is 15.0. The van der Waals surface area contributed by atoms with Crippen LogP contribution in [0.15, 0.2) is 47.2 Å². The van der Waals surface area contributed by atoms with Gasteiger partial charge >= 0.3 is 11.9 Å². The molecule has 1 fully saturated rings. The number of cyclic esters (lactones) is 1. The van der Waals surface area contributed by atoms with Crippen LogP contribution in [0, 0.1) is 5.92 Å². The molecular weight excluding hydrogens is 308 g/mol. The van der Waals surface area contributed by atoms with Gasteiger partial charge in [0.15, 0.2) is 0 Å². The summed E-state index contributed by atoms with van der Waals surface area (Å²) in [4.78, 5) is 23.9. The van der Waals surface area contributed by atoms with E-state index in [1.165, 1.54) is 11.8 Å². The van der Waals surface area contributed by atoms with E-state index in [-0.39, 0.29) is 18.0 Å². The molecule has 1 saturated heterocycles. The Morgan fingerprint density at radius 2 is 1.96 bits per heavy atom. The highest BCUT2D eigenvalue weighted by Gasteiger charge is 2.47. The lowest BCUT2D eigenvalue weighted by Gasteiger charge is -2.24. The van der Waals surface area contributed by atoms with Gasteiger partial charge in [0.05, 0.1) is 11.8 Å². The second kappa shape index (κ2) is 4.97. The van der Waals surface area contributed by atoms with Crippen LogP contribution in [-0.2, 0) is 30.2 Å². The van der Waals surface area contributed by atoms with Gasteiger partial charge in [0.1, 0.15) is 6.10 Å². The maximum absolute atomic E-state index is 12.2. The first-order chi connectivity index (χ1) is 11.4. The molecule has 3 atom stereocenters. The molecule has 2 aliphatic heterocycles. The fraction of sp³-hybridized carbons (Fsp3) is 0.368. The number of benzene rings is 1. The number of esters is 2. The van der Waals surface area contributed by atoms with E-state index in [0.717, 1.165) is 12.0 Å². The van der Waals surface area contributed by atoms with Gasteiger partial charge < -0.3 is 14.2 Å². The van der Waals surface area contributed by atoms with Gasteiger partial charge in [-0.3, -0.25) is 0 Å². The molecule has 0 bridgehead atoms. The molecule has 1 aromatic carbocycles. The summed E-state index contributed by atoms with van der Waals surface area (Å²) in [5, 5.41) is 0. The molecule has 5 nitrogen and oxygen atoms in total. The van der Waals surface area contributed by atoms with Crippen LogP contribution >= 0.6 is 0 Å². The third-order valence-electron chi connectivity index (χ3n) is 5.28. The summed E-state index contributed by atoms with van der Waals surface area (Å²) in [6.07, 6.45) is 1.90. The van der Waals surface area contributed by atoms with Crippen molar-refractivity contribution in [2.45, 2.75) is 39.1 Å². The molecule has 24 heavy (non-hydrogen) atoms. The van der Waals surface area contributed by atoms with Crippen LogP contribution in [0.4, 0.5) is 0 Å². The van der Waals surface area contributed by atoms with E-state index < -0.39 is 11.8 Å². The first-order valence-corrected chi connectivity index (χ1v) is 7.98. The molecule has 0 N–H and O–H groups in total. The summed E-state index contributed by atoms with van der Waals surface area (Å²) in [5.41, 5.74) is 3.99. The summed E-state index contributed by atoms with van der Waals surface area (Å²) in [7, 11) is 0. The van der Waals surface area contributed by atoms with E-state index in [2.05, 4.69) is 6.07 Å². The number of rotatable bonds is 2. The molecule has 2 heterocycles. The van der Waals surface area contributed by atoms with Crippen molar-refractivity contribution >= 4 is 11.9 Å². The maximum Gasteiger partial charge on any atom is 0.338 e. The lowest BCUT2D eigenvalue weighted by Crippen LogP contribution is -2.29. The Kier molecular flexibility index (Phi) is 3.10. The SMILES string of the molecule is CC1=C(C)C(C)(OC=C2C(=O)OC3c4ccccc4CC23)OC1=O. The maximum atomic E-state index is 12.2. The average molecular weight is 326 g/mol. The van der Waals surface area contributed by atoms with Gasteiger partial charge in [-0.25, -0.2) is 9.59 Å². The van der Waals surface area contributed by atoms with Crippen molar-refractivity contribution in [2.75, 3.05) is 0 Å². The van der Waals surface area contributed by atoms with Gasteiger partial charge in [0, 0.05) is 24.0 Å². The number of fused-ring (bicyclic) bond motifs is 3. The van der Waals surface area contributed by atoms with Crippen LogP contribution in [0.25, 0.3) is 0 Å². The molecule has 0 radical (unpaired) electrons. The minimum absolute atomic E-state index is 0.0546. The van der Waals surface area contributed by atoms with E-state index in [1.807, 2.05) is 18.2 Å². The van der Waals surface area contributed by atoms with Crippen LogP contribution in [-0.4, -0.2) is 17.7 Å². The van der Waals surface area contributed by atoms with E-state index >= 15 is 0 Å². The normalized spacial score (nSPS) is 32.7. The number of hydrogen-bond donors (Lipinski definition) is 0. The first-order valence-electron chi connectivity index (χ1n) is 7.98. The quantitative estimate of drug-likeness (QED) is 0.475. The average Bonchev–Trinajstić information content (AvgIpc) is 3.12. The summed E-state index contributed by atoms with van der Waals surface area (Å²) >= 11 is 0. The molecule has 0 saturated carbocycles. The van der Waals surface area contributed by atoms with Crippen molar-refractivity contribution in [2.24, 2.45) is 5.92 Å². The molecule has 4 rings (SSSR count). The summed E-state index contributed by atoms with van der Waals surface area (Å²) in [5.74, 6) is -1.99. The molecule has 5 heteroatoms. The third-order valence-corrected chi connectivity index (χ3v) is 5.28. The molecular formula is C19H18O5. The molecule has 0 aromatic heterocycles. The molecule has 1 aliphatic carbocycles. The van der Waals surface area contributed by atoms with Crippen LogP contribution in [0.3, 0.4) is 0 Å². The Morgan fingerprint density at radius 1 is 1.21 bits per heavy atom. The Balaban J connectivity index is 1.61. The van der Waals surface area contributed by atoms with Crippen LogP contribution < -0.4 is 0 Å². The third kappa shape index (κ3) is 2.00. The zero-order valence-electron chi connectivity index (χ0n) is 13.8. The molecule has 0 spiro atoms. The van der Waals surface area contributed by atoms with Gasteiger partial charge in [-0.05, 0) is 31.4 Å². The second-order valence-electron chi connectivity index (χ2n) is 6.61. The van der Waals surface area contributed by atoms with Crippen molar-refractivity contribution in [3.63, 3.8) is 0 Å². The Morgan fingerprint density at radius 3 is 2.67 bits per heavy atom. The highest BCUT2D eigenvalue weighted by Crippen LogP contribution is 2.48. The molecule has 3 aliphatic rings. The Hall–Kier alpha value is -2.56. The van der Waals surface area contributed by atoms with Crippen LogP contribution in [0.5, 0.6) is 0 Å². The van der Waals surface area contributed by atoms with Gasteiger partial charge in [0.25, 0.3) is 5.79 Å². The highest BCUT2D eigenvalue weighted by atomic mass is 16.7. The fourth-order valence-corrected chi connectivity index (χ4v) is 3.56. The van der Waals surface area contributed by atoms with Crippen molar-refractivity contribution in [1.29, 1.82) is 0 Å². The number of ether oxygens (including phenoxy) is 3. The predicted octanol–water partition coefficient (Wildman–Crippen LogP) is 2.97. The molecule has 1 aromatic rings.